The van der Waals surface area contributed by atoms with Crippen molar-refractivity contribution in [3.8, 4) is 11.5 Å². The lowest BCUT2D eigenvalue weighted by molar-refractivity contribution is 0.866. The highest BCUT2D eigenvalue weighted by Crippen LogP contribution is 2.12. The van der Waals surface area contributed by atoms with Gasteiger partial charge in [-0.2, -0.15) is 14.9 Å². The van der Waals surface area contributed by atoms with Gasteiger partial charge >= 0.3 is 0 Å². The fourth-order valence-electron chi connectivity index (χ4n) is 1.64. The van der Waals surface area contributed by atoms with E-state index in [1.54, 1.807) is 24.8 Å². The molecule has 0 spiro atoms. The summed E-state index contributed by atoms with van der Waals surface area (Å²) in [6.45, 7) is 0. The molecule has 0 fully saturated rings. The van der Waals surface area contributed by atoms with E-state index < -0.39 is 0 Å². The highest BCUT2D eigenvalue weighted by Gasteiger charge is 2.08. The largest absolute Gasteiger partial charge is 0.261 e. The van der Waals surface area contributed by atoms with Gasteiger partial charge in [-0.1, -0.05) is 30.3 Å². The molecule has 0 aliphatic heterocycles. The molecule has 0 unspecified atom stereocenters. The molecule has 3 rings (SSSR count). The van der Waals surface area contributed by atoms with Crippen LogP contribution in [0.25, 0.3) is 11.5 Å². The summed E-state index contributed by atoms with van der Waals surface area (Å²) < 4.78 is 1.92. The summed E-state index contributed by atoms with van der Waals surface area (Å²) in [7, 11) is 0. The van der Waals surface area contributed by atoms with E-state index in [1.807, 2.05) is 30.3 Å². The second-order valence-corrected chi connectivity index (χ2v) is 4.30. The molecule has 2 heterocycles. The summed E-state index contributed by atoms with van der Waals surface area (Å²) in [5.74, 6) is 0.523. The lowest BCUT2D eigenvalue weighted by Gasteiger charge is -1.99. The van der Waals surface area contributed by atoms with Gasteiger partial charge in [0.2, 0.25) is 10.6 Å². The molecule has 0 radical (unpaired) electrons. The van der Waals surface area contributed by atoms with Crippen molar-refractivity contribution < 1.29 is 0 Å². The average Bonchev–Trinajstić information content (AvgIpc) is 2.88. The standard InChI is InChI=1S/C13H10N6S/c20-13-18-17-12(11-9-14-6-7-15-11)19(13)16-8-10-4-2-1-3-5-10/h1-9H,(H,18,20)/b16-8+. The molecule has 1 N–H and O–H groups in total. The Bertz CT molecular complexity index is 775. The zero-order valence-corrected chi connectivity index (χ0v) is 11.2. The van der Waals surface area contributed by atoms with Crippen molar-refractivity contribution >= 4 is 18.4 Å². The minimum atomic E-state index is 0.401. The second-order valence-electron chi connectivity index (χ2n) is 3.91. The number of benzene rings is 1. The molecule has 0 aliphatic rings. The molecule has 7 heteroatoms. The van der Waals surface area contributed by atoms with Crippen molar-refractivity contribution in [2.75, 3.05) is 0 Å². The Labute approximate surface area is 119 Å². The Balaban J connectivity index is 2.01. The summed E-state index contributed by atoms with van der Waals surface area (Å²) in [6.07, 6.45) is 6.52. The number of H-pyrrole nitrogens is 1. The van der Waals surface area contributed by atoms with Gasteiger partial charge in [-0.15, -0.1) is 0 Å². The van der Waals surface area contributed by atoms with Gasteiger partial charge in [0.1, 0.15) is 5.69 Å². The summed E-state index contributed by atoms with van der Waals surface area (Å²) in [4.78, 5) is 8.21. The van der Waals surface area contributed by atoms with Gasteiger partial charge in [-0.3, -0.25) is 4.98 Å². The highest BCUT2D eigenvalue weighted by molar-refractivity contribution is 7.71. The zero-order chi connectivity index (χ0) is 13.8. The molecule has 0 saturated heterocycles. The van der Waals surface area contributed by atoms with Crippen LogP contribution < -0.4 is 0 Å². The van der Waals surface area contributed by atoms with Crippen LogP contribution in [-0.2, 0) is 0 Å². The molecule has 1 aromatic carbocycles. The first-order valence-electron chi connectivity index (χ1n) is 5.88. The monoisotopic (exact) mass is 282 g/mol. The molecule has 20 heavy (non-hydrogen) atoms. The van der Waals surface area contributed by atoms with Gasteiger partial charge in [0.05, 0.1) is 12.4 Å². The van der Waals surface area contributed by atoms with Gasteiger partial charge < -0.3 is 0 Å². The lowest BCUT2D eigenvalue weighted by Crippen LogP contribution is -1.96. The Morgan fingerprint density at radius 3 is 2.80 bits per heavy atom. The van der Waals surface area contributed by atoms with Gasteiger partial charge in [0.25, 0.3) is 0 Å². The smallest absolute Gasteiger partial charge is 0.216 e. The van der Waals surface area contributed by atoms with E-state index in [-0.39, 0.29) is 0 Å². The van der Waals surface area contributed by atoms with Gasteiger partial charge in [0.15, 0.2) is 0 Å². The third kappa shape index (κ3) is 2.52. The molecule has 0 aliphatic carbocycles. The van der Waals surface area contributed by atoms with Crippen LogP contribution >= 0.6 is 12.2 Å². The number of nitrogens with one attached hydrogen (secondary N) is 1. The lowest BCUT2D eigenvalue weighted by atomic mass is 10.2. The van der Waals surface area contributed by atoms with Gasteiger partial charge in [-0.05, 0) is 17.8 Å². The van der Waals surface area contributed by atoms with E-state index in [0.29, 0.717) is 16.3 Å². The normalized spacial score (nSPS) is 11.0. The third-order valence-electron chi connectivity index (χ3n) is 2.56. The van der Waals surface area contributed by atoms with Crippen molar-refractivity contribution in [1.29, 1.82) is 0 Å². The van der Waals surface area contributed by atoms with E-state index in [4.69, 9.17) is 12.2 Å². The molecule has 0 amide bonds. The summed E-state index contributed by atoms with van der Waals surface area (Å²) in [5, 5.41) is 11.2. The maximum absolute atomic E-state index is 5.17. The number of aromatic nitrogens is 5. The zero-order valence-electron chi connectivity index (χ0n) is 10.3. The number of rotatable bonds is 3. The molecular formula is C13H10N6S. The van der Waals surface area contributed by atoms with Crippen LogP contribution in [0.5, 0.6) is 0 Å². The number of nitrogens with zero attached hydrogens (tertiary/aromatic N) is 5. The number of hydrogen-bond acceptors (Lipinski definition) is 5. The summed E-state index contributed by atoms with van der Waals surface area (Å²) in [6, 6.07) is 9.75. The first-order chi connectivity index (χ1) is 9.84. The van der Waals surface area contributed by atoms with Crippen LogP contribution in [0.15, 0.2) is 54.0 Å². The number of hydrogen-bond donors (Lipinski definition) is 1. The fraction of sp³-hybridized carbons (Fsp3) is 0. The Kier molecular flexibility index (Phi) is 3.42. The molecule has 0 bridgehead atoms. The van der Waals surface area contributed by atoms with E-state index in [2.05, 4.69) is 25.3 Å². The minimum Gasteiger partial charge on any atom is -0.261 e. The van der Waals surface area contributed by atoms with Crippen LogP contribution in [0, 0.1) is 4.77 Å². The van der Waals surface area contributed by atoms with E-state index in [1.165, 1.54) is 4.68 Å². The molecule has 3 aromatic rings. The average molecular weight is 282 g/mol. The quantitative estimate of drug-likeness (QED) is 0.591. The van der Waals surface area contributed by atoms with Crippen molar-refractivity contribution in [2.45, 2.75) is 0 Å². The van der Waals surface area contributed by atoms with Crippen molar-refractivity contribution in [3.63, 3.8) is 0 Å². The molecule has 2 aromatic heterocycles. The van der Waals surface area contributed by atoms with Crippen LogP contribution in [0.3, 0.4) is 0 Å². The Hall–Kier alpha value is -2.67. The van der Waals surface area contributed by atoms with Crippen LogP contribution in [0.2, 0.25) is 0 Å². The van der Waals surface area contributed by atoms with E-state index >= 15 is 0 Å². The minimum absolute atomic E-state index is 0.401. The maximum atomic E-state index is 5.17. The Morgan fingerprint density at radius 1 is 1.20 bits per heavy atom. The molecule has 0 atom stereocenters. The van der Waals surface area contributed by atoms with Crippen molar-refractivity contribution in [3.05, 3.63) is 59.3 Å². The van der Waals surface area contributed by atoms with Crippen molar-refractivity contribution in [1.82, 2.24) is 24.8 Å². The topological polar surface area (TPSA) is 71.8 Å². The second kappa shape index (κ2) is 5.54. The predicted octanol–water partition coefficient (Wildman–Crippen LogP) is 2.28. The van der Waals surface area contributed by atoms with Crippen LogP contribution in [0.4, 0.5) is 0 Å². The third-order valence-corrected chi connectivity index (χ3v) is 2.83. The summed E-state index contributed by atoms with van der Waals surface area (Å²) >= 11 is 5.17. The Morgan fingerprint density at radius 2 is 2.05 bits per heavy atom. The maximum Gasteiger partial charge on any atom is 0.216 e. The van der Waals surface area contributed by atoms with E-state index in [9.17, 15) is 0 Å². The van der Waals surface area contributed by atoms with E-state index in [0.717, 1.165) is 5.56 Å². The first kappa shape index (κ1) is 12.4. The van der Waals surface area contributed by atoms with Crippen LogP contribution in [-0.4, -0.2) is 31.1 Å². The summed E-state index contributed by atoms with van der Waals surface area (Å²) in [5.41, 5.74) is 1.57. The predicted molar refractivity (Wildman–Crippen MR) is 77.9 cm³/mol. The molecule has 6 nitrogen and oxygen atoms in total. The SMILES string of the molecule is S=c1[nH]nc(-c2cnccn2)n1/N=C/c1ccccc1. The van der Waals surface area contributed by atoms with Crippen molar-refractivity contribution in [2.24, 2.45) is 5.10 Å². The molecule has 98 valence electrons. The first-order valence-corrected chi connectivity index (χ1v) is 6.28. The van der Waals surface area contributed by atoms with Gasteiger partial charge in [-0.25, -0.2) is 10.1 Å². The highest BCUT2D eigenvalue weighted by atomic mass is 32.1. The van der Waals surface area contributed by atoms with Crippen LogP contribution in [0.1, 0.15) is 5.56 Å². The fourth-order valence-corrected chi connectivity index (χ4v) is 1.82. The molecule has 0 saturated carbocycles. The molecular weight excluding hydrogens is 272 g/mol. The van der Waals surface area contributed by atoms with Gasteiger partial charge in [0, 0.05) is 12.4 Å². The number of aromatic amines is 1.